The van der Waals surface area contributed by atoms with Crippen LogP contribution in [-0.2, 0) is 11.2 Å². The van der Waals surface area contributed by atoms with Crippen molar-refractivity contribution in [2.75, 3.05) is 0 Å². The van der Waals surface area contributed by atoms with Crippen molar-refractivity contribution in [1.29, 1.82) is 0 Å². The molecule has 0 heterocycles. The molecule has 0 atom stereocenters. The minimum Gasteiger partial charge on any atom is -0.478 e. The molecule has 0 aliphatic heterocycles. The van der Waals surface area contributed by atoms with Gasteiger partial charge in [-0.3, -0.25) is 4.79 Å². The van der Waals surface area contributed by atoms with E-state index in [1.165, 1.54) is 5.56 Å². The highest BCUT2D eigenvalue weighted by atomic mass is 16.4. The zero-order valence-corrected chi connectivity index (χ0v) is 10.8. The fourth-order valence-corrected chi connectivity index (χ4v) is 1.86. The summed E-state index contributed by atoms with van der Waals surface area (Å²) in [4.78, 5) is 22.0. The highest BCUT2D eigenvalue weighted by Crippen LogP contribution is 2.11. The molecule has 2 aromatic carbocycles. The molecule has 0 bridgehead atoms. The van der Waals surface area contributed by atoms with Crippen molar-refractivity contribution >= 4 is 11.8 Å². The molecular weight excluding hydrogens is 252 g/mol. The van der Waals surface area contributed by atoms with Crippen LogP contribution in [0.4, 0.5) is 0 Å². The molecule has 0 amide bonds. The zero-order chi connectivity index (χ0) is 14.4. The van der Waals surface area contributed by atoms with Crippen molar-refractivity contribution in [3.05, 3.63) is 83.4 Å². The highest BCUT2D eigenvalue weighted by molar-refractivity contribution is 6.06. The first-order valence-corrected chi connectivity index (χ1v) is 6.23. The Morgan fingerprint density at radius 1 is 0.850 bits per heavy atom. The number of benzene rings is 2. The van der Waals surface area contributed by atoms with Crippen molar-refractivity contribution in [3.63, 3.8) is 0 Å². The van der Waals surface area contributed by atoms with E-state index >= 15 is 0 Å². The van der Waals surface area contributed by atoms with Gasteiger partial charge in [0, 0.05) is 11.6 Å². The van der Waals surface area contributed by atoms with Gasteiger partial charge < -0.3 is 5.11 Å². The quantitative estimate of drug-likeness (QED) is 0.668. The maximum absolute atomic E-state index is 11.7. The molecule has 20 heavy (non-hydrogen) atoms. The van der Waals surface area contributed by atoms with Gasteiger partial charge in [0.25, 0.3) is 0 Å². The van der Waals surface area contributed by atoms with Crippen LogP contribution in [0.2, 0.25) is 0 Å². The van der Waals surface area contributed by atoms with Gasteiger partial charge in [-0.05, 0) is 23.6 Å². The van der Waals surface area contributed by atoms with Crippen LogP contribution >= 0.6 is 0 Å². The first-order chi connectivity index (χ1) is 9.65. The average molecular weight is 266 g/mol. The normalized spacial score (nSPS) is 10.6. The standard InChI is InChI=1S/C17H14O3/c18-16(10-11-17(19)20)15-8-6-14(7-9-15)12-13-4-2-1-3-5-13/h1-11H,12H2,(H,19,20). The number of hydrogen-bond acceptors (Lipinski definition) is 2. The first kappa shape index (κ1) is 13.7. The number of carboxylic acid groups (broad SMARTS) is 1. The Labute approximate surface area is 117 Å². The van der Waals surface area contributed by atoms with Crippen LogP contribution < -0.4 is 0 Å². The van der Waals surface area contributed by atoms with Crippen LogP contribution in [0.5, 0.6) is 0 Å². The monoisotopic (exact) mass is 266 g/mol. The number of ketones is 1. The summed E-state index contributed by atoms with van der Waals surface area (Å²) in [5.74, 6) is -1.43. The van der Waals surface area contributed by atoms with Gasteiger partial charge in [0.2, 0.25) is 0 Å². The van der Waals surface area contributed by atoms with Gasteiger partial charge in [-0.15, -0.1) is 0 Å². The predicted octanol–water partition coefficient (Wildman–Crippen LogP) is 3.10. The van der Waals surface area contributed by atoms with Gasteiger partial charge in [0.15, 0.2) is 5.78 Å². The van der Waals surface area contributed by atoms with Crippen LogP contribution in [-0.4, -0.2) is 16.9 Å². The number of carboxylic acids is 1. The minimum atomic E-state index is -1.13. The van der Waals surface area contributed by atoms with Crippen molar-refractivity contribution in [1.82, 2.24) is 0 Å². The van der Waals surface area contributed by atoms with Crippen LogP contribution in [0.15, 0.2) is 66.7 Å². The lowest BCUT2D eigenvalue weighted by atomic mass is 10.0. The third kappa shape index (κ3) is 3.92. The van der Waals surface area contributed by atoms with Crippen molar-refractivity contribution < 1.29 is 14.7 Å². The number of carbonyl (C=O) groups excluding carboxylic acids is 1. The molecule has 0 aromatic heterocycles. The van der Waals surface area contributed by atoms with Gasteiger partial charge >= 0.3 is 5.97 Å². The Morgan fingerprint density at radius 2 is 1.45 bits per heavy atom. The topological polar surface area (TPSA) is 54.4 Å². The van der Waals surface area contributed by atoms with Crippen LogP contribution in [0.25, 0.3) is 0 Å². The van der Waals surface area contributed by atoms with E-state index in [-0.39, 0.29) is 5.78 Å². The van der Waals surface area contributed by atoms with E-state index in [0.717, 1.165) is 24.1 Å². The number of aliphatic carboxylic acids is 1. The summed E-state index contributed by atoms with van der Waals surface area (Å²) >= 11 is 0. The van der Waals surface area contributed by atoms with Gasteiger partial charge in [0.05, 0.1) is 0 Å². The summed E-state index contributed by atoms with van der Waals surface area (Å²) in [5, 5.41) is 8.48. The molecule has 0 unspecified atom stereocenters. The summed E-state index contributed by atoms with van der Waals surface area (Å²) in [6.07, 6.45) is 2.72. The summed E-state index contributed by atoms with van der Waals surface area (Å²) in [7, 11) is 0. The summed E-state index contributed by atoms with van der Waals surface area (Å²) in [6.45, 7) is 0. The Morgan fingerprint density at radius 3 is 2.05 bits per heavy atom. The van der Waals surface area contributed by atoms with E-state index in [0.29, 0.717) is 5.56 Å². The van der Waals surface area contributed by atoms with Crippen molar-refractivity contribution in [3.8, 4) is 0 Å². The second-order valence-electron chi connectivity index (χ2n) is 4.40. The van der Waals surface area contributed by atoms with E-state index in [9.17, 15) is 9.59 Å². The molecule has 100 valence electrons. The molecule has 3 nitrogen and oxygen atoms in total. The molecule has 1 N–H and O–H groups in total. The highest BCUT2D eigenvalue weighted by Gasteiger charge is 2.03. The van der Waals surface area contributed by atoms with E-state index in [1.807, 2.05) is 30.3 Å². The second kappa shape index (κ2) is 6.48. The second-order valence-corrected chi connectivity index (χ2v) is 4.40. The average Bonchev–Trinajstić information content (AvgIpc) is 2.46. The molecule has 0 saturated heterocycles. The van der Waals surface area contributed by atoms with Crippen LogP contribution in [0, 0.1) is 0 Å². The third-order valence-electron chi connectivity index (χ3n) is 2.87. The molecule has 0 radical (unpaired) electrons. The molecule has 2 rings (SSSR count). The fourth-order valence-electron chi connectivity index (χ4n) is 1.86. The van der Waals surface area contributed by atoms with Gasteiger partial charge in [0.1, 0.15) is 0 Å². The van der Waals surface area contributed by atoms with Crippen molar-refractivity contribution in [2.45, 2.75) is 6.42 Å². The van der Waals surface area contributed by atoms with E-state index in [4.69, 9.17) is 5.11 Å². The number of rotatable bonds is 5. The molecule has 0 spiro atoms. The molecular formula is C17H14O3. The molecule has 2 aromatic rings. The largest absolute Gasteiger partial charge is 0.478 e. The first-order valence-electron chi connectivity index (χ1n) is 6.23. The predicted molar refractivity (Wildman–Crippen MR) is 76.8 cm³/mol. The van der Waals surface area contributed by atoms with Crippen LogP contribution in [0.3, 0.4) is 0 Å². The maximum Gasteiger partial charge on any atom is 0.328 e. The number of allylic oxidation sites excluding steroid dienone is 1. The Balaban J connectivity index is 2.07. The summed E-state index contributed by atoms with van der Waals surface area (Å²) < 4.78 is 0. The van der Waals surface area contributed by atoms with Crippen molar-refractivity contribution in [2.24, 2.45) is 0 Å². The molecule has 3 heteroatoms. The molecule has 0 fully saturated rings. The smallest absolute Gasteiger partial charge is 0.328 e. The Bertz CT molecular complexity index is 625. The van der Waals surface area contributed by atoms with E-state index in [2.05, 4.69) is 12.1 Å². The molecule has 0 aliphatic rings. The number of carbonyl (C=O) groups is 2. The lowest BCUT2D eigenvalue weighted by Gasteiger charge is -2.02. The van der Waals surface area contributed by atoms with Crippen LogP contribution in [0.1, 0.15) is 21.5 Å². The SMILES string of the molecule is O=C(O)C=CC(=O)c1ccc(Cc2ccccc2)cc1. The summed E-state index contributed by atoms with van der Waals surface area (Å²) in [6, 6.07) is 17.3. The van der Waals surface area contributed by atoms with E-state index < -0.39 is 5.97 Å². The minimum absolute atomic E-state index is 0.307. The van der Waals surface area contributed by atoms with E-state index in [1.54, 1.807) is 12.1 Å². The zero-order valence-electron chi connectivity index (χ0n) is 10.8. The summed E-state index contributed by atoms with van der Waals surface area (Å²) in [5.41, 5.74) is 2.80. The molecule has 0 aliphatic carbocycles. The van der Waals surface area contributed by atoms with Gasteiger partial charge in [-0.2, -0.15) is 0 Å². The number of hydrogen-bond donors (Lipinski definition) is 1. The van der Waals surface area contributed by atoms with Gasteiger partial charge in [-0.1, -0.05) is 54.6 Å². The Hall–Kier alpha value is -2.68. The van der Waals surface area contributed by atoms with Gasteiger partial charge in [-0.25, -0.2) is 4.79 Å². The molecule has 0 saturated carbocycles. The lowest BCUT2D eigenvalue weighted by Crippen LogP contribution is -1.97. The Kier molecular flexibility index (Phi) is 4.45. The third-order valence-corrected chi connectivity index (χ3v) is 2.87. The maximum atomic E-state index is 11.7. The lowest BCUT2D eigenvalue weighted by molar-refractivity contribution is -0.131. The fraction of sp³-hybridized carbons (Fsp3) is 0.0588.